The molecule has 0 radical (unpaired) electrons. The lowest BCUT2D eigenvalue weighted by Crippen LogP contribution is -2.48. The molecule has 2 N–H and O–H groups in total. The van der Waals surface area contributed by atoms with Crippen LogP contribution in [0.15, 0.2) is 18.2 Å². The van der Waals surface area contributed by atoms with E-state index in [4.69, 9.17) is 4.74 Å². The summed E-state index contributed by atoms with van der Waals surface area (Å²) < 4.78 is 5.24. The molecule has 2 saturated carbocycles. The van der Waals surface area contributed by atoms with E-state index in [9.17, 15) is 14.4 Å². The van der Waals surface area contributed by atoms with Gasteiger partial charge in [-0.05, 0) is 54.6 Å². The van der Waals surface area contributed by atoms with Crippen LogP contribution in [0.1, 0.15) is 62.9 Å². The van der Waals surface area contributed by atoms with Gasteiger partial charge in [-0.25, -0.2) is 4.79 Å². The summed E-state index contributed by atoms with van der Waals surface area (Å²) in [5, 5.41) is 5.75. The van der Waals surface area contributed by atoms with Crippen molar-refractivity contribution in [3.8, 4) is 0 Å². The molecule has 0 spiro atoms. The first-order valence-corrected chi connectivity index (χ1v) is 9.90. The first-order chi connectivity index (χ1) is 13.1. The van der Waals surface area contributed by atoms with Gasteiger partial charge in [0, 0.05) is 13.0 Å². The molecule has 3 rings (SSSR count). The maximum atomic E-state index is 12.5. The Hall–Kier alpha value is -2.37. The molecule has 0 saturated heterocycles. The fourth-order valence-corrected chi connectivity index (χ4v) is 5.05. The second kappa shape index (κ2) is 7.22. The van der Waals surface area contributed by atoms with Crippen molar-refractivity contribution in [2.45, 2.75) is 59.9 Å². The smallest absolute Gasteiger partial charge is 0.340 e. The van der Waals surface area contributed by atoms with Crippen LogP contribution >= 0.6 is 0 Å². The lowest BCUT2D eigenvalue weighted by molar-refractivity contribution is -0.126. The van der Waals surface area contributed by atoms with Gasteiger partial charge in [-0.15, -0.1) is 0 Å². The number of carbonyl (C=O) groups excluding carboxylic acids is 3. The van der Waals surface area contributed by atoms with E-state index in [1.165, 1.54) is 13.3 Å². The second-order valence-electron chi connectivity index (χ2n) is 8.99. The van der Waals surface area contributed by atoms with E-state index in [0.717, 1.165) is 18.4 Å². The molecule has 3 atom stereocenters. The predicted molar refractivity (Wildman–Crippen MR) is 107 cm³/mol. The van der Waals surface area contributed by atoms with Crippen LogP contribution in [0.2, 0.25) is 0 Å². The van der Waals surface area contributed by atoms with Gasteiger partial charge in [0.15, 0.2) is 6.61 Å². The van der Waals surface area contributed by atoms with Crippen LogP contribution in [-0.2, 0) is 14.3 Å². The summed E-state index contributed by atoms with van der Waals surface area (Å²) in [5.41, 5.74) is 1.70. The number of hydrogen-bond acceptors (Lipinski definition) is 4. The molecular weight excluding hydrogens is 356 g/mol. The molecule has 2 aliphatic rings. The Morgan fingerprint density at radius 2 is 1.93 bits per heavy atom. The highest BCUT2D eigenvalue weighted by Crippen LogP contribution is 2.65. The van der Waals surface area contributed by atoms with E-state index in [1.54, 1.807) is 25.1 Å². The number of amides is 2. The highest BCUT2D eigenvalue weighted by molar-refractivity contribution is 6.02. The third-order valence-corrected chi connectivity index (χ3v) is 7.26. The number of ether oxygens (including phenoxy) is 1. The molecule has 2 amide bonds. The molecule has 0 aromatic heterocycles. The van der Waals surface area contributed by atoms with E-state index >= 15 is 0 Å². The van der Waals surface area contributed by atoms with Gasteiger partial charge in [-0.1, -0.05) is 32.9 Å². The van der Waals surface area contributed by atoms with Crippen molar-refractivity contribution >= 4 is 23.5 Å². The van der Waals surface area contributed by atoms with Crippen LogP contribution in [0.5, 0.6) is 0 Å². The summed E-state index contributed by atoms with van der Waals surface area (Å²) >= 11 is 0. The first-order valence-electron chi connectivity index (χ1n) is 9.90. The van der Waals surface area contributed by atoms with Gasteiger partial charge in [-0.2, -0.15) is 0 Å². The van der Waals surface area contributed by atoms with Crippen molar-refractivity contribution in [1.82, 2.24) is 5.32 Å². The van der Waals surface area contributed by atoms with E-state index < -0.39 is 5.97 Å². The average molecular weight is 386 g/mol. The SMILES string of the molecule is CC(=O)Nc1c(C)cccc1C(=O)OCC(=O)N[C@H]1C[C@H]2CC[C@@]1(C)C2(C)C. The number of carbonyl (C=O) groups is 3. The van der Waals surface area contributed by atoms with Gasteiger partial charge in [-0.3, -0.25) is 9.59 Å². The minimum absolute atomic E-state index is 0.0758. The zero-order chi connectivity index (χ0) is 20.7. The number of rotatable bonds is 5. The Labute approximate surface area is 166 Å². The third kappa shape index (κ3) is 3.40. The highest BCUT2D eigenvalue weighted by atomic mass is 16.5. The molecule has 28 heavy (non-hydrogen) atoms. The zero-order valence-corrected chi connectivity index (χ0v) is 17.3. The summed E-state index contributed by atoms with van der Waals surface area (Å²) in [7, 11) is 0. The summed E-state index contributed by atoms with van der Waals surface area (Å²) in [4.78, 5) is 36.3. The molecule has 0 heterocycles. The molecule has 2 aliphatic carbocycles. The summed E-state index contributed by atoms with van der Waals surface area (Å²) in [6.07, 6.45) is 3.30. The Balaban J connectivity index is 1.61. The van der Waals surface area contributed by atoms with Crippen molar-refractivity contribution in [1.29, 1.82) is 0 Å². The molecule has 1 aromatic rings. The topological polar surface area (TPSA) is 84.5 Å². The summed E-state index contributed by atoms with van der Waals surface area (Å²) in [6.45, 7) is 9.68. The summed E-state index contributed by atoms with van der Waals surface area (Å²) in [5.74, 6) is -0.551. The molecule has 6 nitrogen and oxygen atoms in total. The number of aryl methyl sites for hydroxylation is 1. The van der Waals surface area contributed by atoms with Crippen molar-refractivity contribution in [3.05, 3.63) is 29.3 Å². The van der Waals surface area contributed by atoms with Crippen molar-refractivity contribution in [2.24, 2.45) is 16.7 Å². The molecular formula is C22H30N2O4. The quantitative estimate of drug-likeness (QED) is 0.759. The normalized spacial score (nSPS) is 27.3. The van der Waals surface area contributed by atoms with Gasteiger partial charge in [0.1, 0.15) is 0 Å². The van der Waals surface area contributed by atoms with Crippen molar-refractivity contribution < 1.29 is 19.1 Å². The number of fused-ring (bicyclic) bond motifs is 2. The Morgan fingerprint density at radius 1 is 1.21 bits per heavy atom. The fourth-order valence-electron chi connectivity index (χ4n) is 5.05. The second-order valence-corrected chi connectivity index (χ2v) is 8.99. The van der Waals surface area contributed by atoms with Crippen molar-refractivity contribution in [2.75, 3.05) is 11.9 Å². The fraction of sp³-hybridized carbons (Fsp3) is 0.591. The molecule has 0 unspecified atom stereocenters. The number of nitrogens with one attached hydrogen (secondary N) is 2. The summed E-state index contributed by atoms with van der Waals surface area (Å²) in [6, 6.07) is 5.21. The standard InChI is InChI=1S/C22H30N2O4/c1-13-7-6-8-16(19(13)23-14(2)25)20(27)28-12-18(26)24-17-11-15-9-10-22(17,5)21(15,3)4/h6-8,15,17H,9-12H2,1-5H3,(H,23,25)(H,24,26)/t15-,17+,22-/m1/s1. The number of anilines is 1. The Kier molecular flexibility index (Phi) is 5.26. The highest BCUT2D eigenvalue weighted by Gasteiger charge is 2.61. The van der Waals surface area contributed by atoms with Crippen LogP contribution in [0, 0.1) is 23.7 Å². The van der Waals surface area contributed by atoms with Gasteiger partial charge < -0.3 is 15.4 Å². The van der Waals surface area contributed by atoms with E-state index in [0.29, 0.717) is 11.6 Å². The Bertz CT molecular complexity index is 817. The first kappa shape index (κ1) is 20.4. The van der Waals surface area contributed by atoms with Gasteiger partial charge in [0.2, 0.25) is 5.91 Å². The average Bonchev–Trinajstić information content (AvgIpc) is 2.94. The predicted octanol–water partition coefficient (Wildman–Crippen LogP) is 3.44. The minimum Gasteiger partial charge on any atom is -0.452 e. The lowest BCUT2D eigenvalue weighted by Gasteiger charge is -2.39. The van der Waals surface area contributed by atoms with Crippen molar-refractivity contribution in [3.63, 3.8) is 0 Å². The van der Waals surface area contributed by atoms with Gasteiger partial charge in [0.25, 0.3) is 5.91 Å². The third-order valence-electron chi connectivity index (χ3n) is 7.26. The maximum Gasteiger partial charge on any atom is 0.340 e. The van der Waals surface area contributed by atoms with E-state index in [2.05, 4.69) is 31.4 Å². The molecule has 1 aromatic carbocycles. The minimum atomic E-state index is -0.623. The number of benzene rings is 1. The largest absolute Gasteiger partial charge is 0.452 e. The van der Waals surface area contributed by atoms with Crippen LogP contribution < -0.4 is 10.6 Å². The molecule has 2 fully saturated rings. The van der Waals surface area contributed by atoms with E-state index in [-0.39, 0.29) is 40.9 Å². The Morgan fingerprint density at radius 3 is 2.50 bits per heavy atom. The van der Waals surface area contributed by atoms with Gasteiger partial charge in [0.05, 0.1) is 11.3 Å². The number of esters is 1. The van der Waals surface area contributed by atoms with Crippen LogP contribution in [0.25, 0.3) is 0 Å². The maximum absolute atomic E-state index is 12.5. The molecule has 6 heteroatoms. The van der Waals surface area contributed by atoms with Crippen LogP contribution in [0.4, 0.5) is 5.69 Å². The van der Waals surface area contributed by atoms with E-state index in [1.807, 2.05) is 0 Å². The van der Waals surface area contributed by atoms with Crippen LogP contribution in [-0.4, -0.2) is 30.4 Å². The zero-order valence-electron chi connectivity index (χ0n) is 17.3. The molecule has 2 bridgehead atoms. The van der Waals surface area contributed by atoms with Gasteiger partial charge >= 0.3 is 5.97 Å². The number of para-hydroxylation sites is 1. The molecule has 0 aliphatic heterocycles. The molecule has 152 valence electrons. The lowest BCUT2D eigenvalue weighted by atomic mass is 9.69. The van der Waals surface area contributed by atoms with Crippen LogP contribution in [0.3, 0.4) is 0 Å². The number of hydrogen-bond donors (Lipinski definition) is 2. The monoisotopic (exact) mass is 386 g/mol.